The molecule has 0 radical (unpaired) electrons. The number of nitrogens with one attached hydrogen (secondary N) is 2. The van der Waals surface area contributed by atoms with Crippen LogP contribution in [-0.4, -0.2) is 19.6 Å². The van der Waals surface area contributed by atoms with Crippen LogP contribution in [-0.2, 0) is 6.54 Å². The lowest BCUT2D eigenvalue weighted by molar-refractivity contribution is 0.624. The van der Waals surface area contributed by atoms with Crippen molar-refractivity contribution in [1.29, 1.82) is 0 Å². The molecule has 1 rings (SSSR count). The van der Waals surface area contributed by atoms with Gasteiger partial charge in [-0.1, -0.05) is 25.1 Å². The lowest BCUT2D eigenvalue weighted by Gasteiger charge is -2.06. The van der Waals surface area contributed by atoms with Crippen molar-refractivity contribution in [2.45, 2.75) is 13.5 Å². The molecular weight excluding hydrogens is 287 g/mol. The molecule has 0 unspecified atom stereocenters. The van der Waals surface area contributed by atoms with Gasteiger partial charge < -0.3 is 10.6 Å². The van der Waals surface area contributed by atoms with Gasteiger partial charge in [0.05, 0.1) is 0 Å². The van der Waals surface area contributed by atoms with Crippen LogP contribution in [0.1, 0.15) is 12.5 Å². The second-order valence-electron chi connectivity index (χ2n) is 3.12. The summed E-state index contributed by atoms with van der Waals surface area (Å²) < 4.78 is 1.33. The van der Waals surface area contributed by atoms with Crippen molar-refractivity contribution < 1.29 is 0 Å². The number of likely N-dealkylation sites (N-methyl/N-ethyl adjacent to an activating group) is 1. The van der Waals surface area contributed by atoms with E-state index in [-0.39, 0.29) is 0 Å². The molecule has 0 aliphatic heterocycles. The zero-order chi connectivity index (χ0) is 10.2. The first-order valence-electron chi connectivity index (χ1n) is 4.99. The predicted molar refractivity (Wildman–Crippen MR) is 69.4 cm³/mol. The number of rotatable bonds is 6. The summed E-state index contributed by atoms with van der Waals surface area (Å²) in [6.45, 7) is 6.20. The maximum absolute atomic E-state index is 3.41. The number of hydrogen-bond acceptors (Lipinski definition) is 2. The minimum Gasteiger partial charge on any atom is -0.316 e. The highest BCUT2D eigenvalue weighted by atomic mass is 127. The fourth-order valence-electron chi connectivity index (χ4n) is 1.22. The third-order valence-electron chi connectivity index (χ3n) is 2.00. The molecule has 0 saturated carbocycles. The first kappa shape index (κ1) is 11.9. The van der Waals surface area contributed by atoms with Gasteiger partial charge in [0.15, 0.2) is 0 Å². The quantitative estimate of drug-likeness (QED) is 0.620. The van der Waals surface area contributed by atoms with E-state index in [2.05, 4.69) is 64.4 Å². The smallest absolute Gasteiger partial charge is 0.0216 e. The summed E-state index contributed by atoms with van der Waals surface area (Å²) >= 11 is 2.37. The van der Waals surface area contributed by atoms with E-state index in [1.165, 1.54) is 9.13 Å². The Hall–Kier alpha value is -0.130. The molecule has 0 heterocycles. The SMILES string of the molecule is CCNCCNCc1ccccc1I. The van der Waals surface area contributed by atoms with Crippen LogP contribution in [0, 0.1) is 3.57 Å². The highest BCUT2D eigenvalue weighted by Crippen LogP contribution is 2.10. The Labute approximate surface area is 99.6 Å². The van der Waals surface area contributed by atoms with Crippen molar-refractivity contribution >= 4 is 22.6 Å². The lowest BCUT2D eigenvalue weighted by atomic mass is 10.2. The average molecular weight is 304 g/mol. The van der Waals surface area contributed by atoms with Gasteiger partial charge in [0, 0.05) is 23.2 Å². The molecule has 3 heteroatoms. The molecule has 0 bridgehead atoms. The van der Waals surface area contributed by atoms with Crippen LogP contribution in [0.15, 0.2) is 24.3 Å². The van der Waals surface area contributed by atoms with E-state index in [9.17, 15) is 0 Å². The Morgan fingerprint density at radius 3 is 2.57 bits per heavy atom. The highest BCUT2D eigenvalue weighted by molar-refractivity contribution is 14.1. The van der Waals surface area contributed by atoms with E-state index >= 15 is 0 Å². The van der Waals surface area contributed by atoms with Crippen LogP contribution in [0.3, 0.4) is 0 Å². The minimum absolute atomic E-state index is 0.963. The van der Waals surface area contributed by atoms with E-state index in [0.717, 1.165) is 26.2 Å². The van der Waals surface area contributed by atoms with Gasteiger partial charge in [-0.15, -0.1) is 0 Å². The number of hydrogen-bond donors (Lipinski definition) is 2. The van der Waals surface area contributed by atoms with Crippen LogP contribution >= 0.6 is 22.6 Å². The Balaban J connectivity index is 2.21. The maximum Gasteiger partial charge on any atom is 0.0216 e. The Morgan fingerprint density at radius 1 is 1.14 bits per heavy atom. The van der Waals surface area contributed by atoms with Gasteiger partial charge in [0.1, 0.15) is 0 Å². The van der Waals surface area contributed by atoms with E-state index < -0.39 is 0 Å². The zero-order valence-electron chi connectivity index (χ0n) is 8.52. The third kappa shape index (κ3) is 4.39. The molecular formula is C11H17IN2. The van der Waals surface area contributed by atoms with Gasteiger partial charge in [-0.3, -0.25) is 0 Å². The average Bonchev–Trinajstić information content (AvgIpc) is 2.20. The second kappa shape index (κ2) is 7.20. The summed E-state index contributed by atoms with van der Waals surface area (Å²) in [6, 6.07) is 8.47. The molecule has 2 N–H and O–H groups in total. The predicted octanol–water partition coefficient (Wildman–Crippen LogP) is 1.99. The van der Waals surface area contributed by atoms with Gasteiger partial charge in [-0.05, 0) is 40.8 Å². The van der Waals surface area contributed by atoms with Crippen LogP contribution < -0.4 is 10.6 Å². The maximum atomic E-state index is 3.41. The van der Waals surface area contributed by atoms with Gasteiger partial charge in [-0.2, -0.15) is 0 Å². The van der Waals surface area contributed by atoms with E-state index in [4.69, 9.17) is 0 Å². The fourth-order valence-corrected chi connectivity index (χ4v) is 1.80. The van der Waals surface area contributed by atoms with Crippen molar-refractivity contribution in [1.82, 2.24) is 10.6 Å². The molecule has 0 atom stereocenters. The monoisotopic (exact) mass is 304 g/mol. The van der Waals surface area contributed by atoms with Gasteiger partial charge in [-0.25, -0.2) is 0 Å². The summed E-state index contributed by atoms with van der Waals surface area (Å²) in [4.78, 5) is 0. The standard InChI is InChI=1S/C11H17IN2/c1-2-13-7-8-14-9-10-5-3-4-6-11(10)12/h3-6,13-14H,2,7-9H2,1H3. The molecule has 0 amide bonds. The van der Waals surface area contributed by atoms with Crippen molar-refractivity contribution in [3.8, 4) is 0 Å². The molecule has 78 valence electrons. The summed E-state index contributed by atoms with van der Waals surface area (Å²) in [7, 11) is 0. The Bertz CT molecular complexity index is 263. The fraction of sp³-hybridized carbons (Fsp3) is 0.455. The Kier molecular flexibility index (Phi) is 6.14. The number of benzene rings is 1. The minimum atomic E-state index is 0.963. The van der Waals surface area contributed by atoms with Crippen molar-refractivity contribution in [3.05, 3.63) is 33.4 Å². The van der Waals surface area contributed by atoms with Crippen LogP contribution in [0.25, 0.3) is 0 Å². The summed E-state index contributed by atoms with van der Waals surface area (Å²) in [5.41, 5.74) is 1.38. The molecule has 0 saturated heterocycles. The molecule has 1 aromatic rings. The molecule has 0 fully saturated rings. The summed E-state index contributed by atoms with van der Waals surface area (Å²) in [6.07, 6.45) is 0. The number of halogens is 1. The van der Waals surface area contributed by atoms with Gasteiger partial charge in [0.25, 0.3) is 0 Å². The first-order valence-corrected chi connectivity index (χ1v) is 6.07. The molecule has 14 heavy (non-hydrogen) atoms. The van der Waals surface area contributed by atoms with E-state index in [1.807, 2.05) is 0 Å². The lowest BCUT2D eigenvalue weighted by Crippen LogP contribution is -2.26. The third-order valence-corrected chi connectivity index (χ3v) is 3.05. The largest absolute Gasteiger partial charge is 0.316 e. The van der Waals surface area contributed by atoms with E-state index in [1.54, 1.807) is 0 Å². The summed E-state index contributed by atoms with van der Waals surface area (Å²) in [5.74, 6) is 0. The molecule has 0 aliphatic rings. The molecule has 0 aliphatic carbocycles. The van der Waals surface area contributed by atoms with Gasteiger partial charge >= 0.3 is 0 Å². The van der Waals surface area contributed by atoms with E-state index in [0.29, 0.717) is 0 Å². The Morgan fingerprint density at radius 2 is 1.86 bits per heavy atom. The molecule has 0 aromatic heterocycles. The van der Waals surface area contributed by atoms with Crippen molar-refractivity contribution in [3.63, 3.8) is 0 Å². The molecule has 1 aromatic carbocycles. The molecule has 2 nitrogen and oxygen atoms in total. The van der Waals surface area contributed by atoms with Crippen LogP contribution in [0.2, 0.25) is 0 Å². The zero-order valence-corrected chi connectivity index (χ0v) is 10.7. The highest BCUT2D eigenvalue weighted by Gasteiger charge is 1.96. The van der Waals surface area contributed by atoms with Gasteiger partial charge in [0.2, 0.25) is 0 Å². The summed E-state index contributed by atoms with van der Waals surface area (Å²) in [5, 5.41) is 6.69. The topological polar surface area (TPSA) is 24.1 Å². The first-order chi connectivity index (χ1) is 6.84. The van der Waals surface area contributed by atoms with Crippen molar-refractivity contribution in [2.24, 2.45) is 0 Å². The van der Waals surface area contributed by atoms with Crippen LogP contribution in [0.5, 0.6) is 0 Å². The molecule has 0 spiro atoms. The van der Waals surface area contributed by atoms with Crippen LogP contribution in [0.4, 0.5) is 0 Å². The normalized spacial score (nSPS) is 10.4. The second-order valence-corrected chi connectivity index (χ2v) is 4.28. The van der Waals surface area contributed by atoms with Crippen molar-refractivity contribution in [2.75, 3.05) is 19.6 Å².